The fraction of sp³-hybridized carbons (Fsp3) is 0.333. The Kier molecular flexibility index (Phi) is 2.32. The van der Waals surface area contributed by atoms with E-state index in [0.29, 0.717) is 16.4 Å². The monoisotopic (exact) mass is 196 g/mol. The summed E-state index contributed by atoms with van der Waals surface area (Å²) in [5, 5.41) is 18.4. The second kappa shape index (κ2) is 3.33. The molecule has 2 N–H and O–H groups in total. The first-order chi connectivity index (χ1) is 6.18. The minimum absolute atomic E-state index is 0.453. The maximum atomic E-state index is 8.89. The van der Waals surface area contributed by atoms with Crippen LogP contribution in [0.25, 0.3) is 0 Å². The third kappa shape index (κ3) is 1.88. The van der Waals surface area contributed by atoms with E-state index in [1.807, 2.05) is 6.07 Å². The van der Waals surface area contributed by atoms with E-state index >= 15 is 0 Å². The number of rotatable bonds is 2. The van der Waals surface area contributed by atoms with E-state index in [1.165, 1.54) is 12.8 Å². The van der Waals surface area contributed by atoms with E-state index in [-0.39, 0.29) is 0 Å². The summed E-state index contributed by atoms with van der Waals surface area (Å²) < 4.78 is 0. The first-order valence-corrected chi connectivity index (χ1v) is 4.72. The molecule has 13 heavy (non-hydrogen) atoms. The van der Waals surface area contributed by atoms with Gasteiger partial charge in [-0.05, 0) is 35.9 Å². The molecular weight excluding hydrogens is 186 g/mol. The molecular formula is C9H10BClO2. The molecule has 1 saturated carbocycles. The van der Waals surface area contributed by atoms with Crippen LogP contribution in [0, 0.1) is 0 Å². The zero-order chi connectivity index (χ0) is 9.42. The lowest BCUT2D eigenvalue weighted by Crippen LogP contribution is -2.29. The van der Waals surface area contributed by atoms with Crippen LogP contribution in [-0.2, 0) is 0 Å². The number of halogens is 1. The minimum Gasteiger partial charge on any atom is -0.423 e. The second-order valence-corrected chi connectivity index (χ2v) is 3.84. The topological polar surface area (TPSA) is 40.5 Å². The summed E-state index contributed by atoms with van der Waals surface area (Å²) in [6, 6.07) is 5.22. The van der Waals surface area contributed by atoms with Crippen molar-refractivity contribution in [3.8, 4) is 0 Å². The molecule has 1 fully saturated rings. The molecule has 0 radical (unpaired) electrons. The van der Waals surface area contributed by atoms with Gasteiger partial charge in [0.2, 0.25) is 0 Å². The molecule has 1 aromatic carbocycles. The Balaban J connectivity index is 2.31. The normalized spacial score (nSPS) is 15.9. The molecule has 1 aliphatic carbocycles. The van der Waals surface area contributed by atoms with Crippen molar-refractivity contribution in [2.75, 3.05) is 0 Å². The smallest absolute Gasteiger partial charge is 0.423 e. The lowest BCUT2D eigenvalue weighted by atomic mass is 9.80. The van der Waals surface area contributed by atoms with Crippen LogP contribution in [0.3, 0.4) is 0 Å². The maximum absolute atomic E-state index is 8.89. The average Bonchev–Trinajstić information content (AvgIpc) is 2.87. The Bertz CT molecular complexity index is 323. The molecule has 0 heterocycles. The van der Waals surface area contributed by atoms with Gasteiger partial charge in [-0.25, -0.2) is 0 Å². The maximum Gasteiger partial charge on any atom is 0.488 e. The van der Waals surface area contributed by atoms with E-state index in [4.69, 9.17) is 21.6 Å². The SMILES string of the molecule is OB(O)c1ccc(C2CC2)c(Cl)c1. The van der Waals surface area contributed by atoms with Crippen molar-refractivity contribution >= 4 is 24.2 Å². The van der Waals surface area contributed by atoms with Crippen molar-refractivity contribution in [1.82, 2.24) is 0 Å². The number of hydrogen-bond acceptors (Lipinski definition) is 2. The van der Waals surface area contributed by atoms with Crippen LogP contribution in [0.1, 0.15) is 24.3 Å². The van der Waals surface area contributed by atoms with Crippen molar-refractivity contribution in [1.29, 1.82) is 0 Å². The summed E-state index contributed by atoms with van der Waals surface area (Å²) >= 11 is 5.99. The summed E-state index contributed by atoms with van der Waals surface area (Å²) in [6.45, 7) is 0. The van der Waals surface area contributed by atoms with Gasteiger partial charge >= 0.3 is 7.12 Å². The first-order valence-electron chi connectivity index (χ1n) is 4.34. The van der Waals surface area contributed by atoms with Crippen LogP contribution in [0.2, 0.25) is 5.02 Å². The van der Waals surface area contributed by atoms with Gasteiger partial charge in [0.1, 0.15) is 0 Å². The zero-order valence-corrected chi connectivity index (χ0v) is 7.83. The molecule has 0 bridgehead atoms. The lowest BCUT2D eigenvalue weighted by Gasteiger charge is -2.04. The fourth-order valence-electron chi connectivity index (χ4n) is 1.43. The van der Waals surface area contributed by atoms with E-state index in [2.05, 4.69) is 0 Å². The van der Waals surface area contributed by atoms with Gasteiger partial charge in [-0.1, -0.05) is 23.7 Å². The van der Waals surface area contributed by atoms with Gasteiger partial charge < -0.3 is 10.0 Å². The van der Waals surface area contributed by atoms with Crippen LogP contribution in [0.4, 0.5) is 0 Å². The summed E-state index contributed by atoms with van der Waals surface area (Å²) in [6.07, 6.45) is 2.39. The van der Waals surface area contributed by atoms with E-state index in [1.54, 1.807) is 12.1 Å². The molecule has 0 spiro atoms. The summed E-state index contributed by atoms with van der Waals surface area (Å²) in [5.41, 5.74) is 1.58. The van der Waals surface area contributed by atoms with Gasteiger partial charge in [0.05, 0.1) is 0 Å². The standard InChI is InChI=1S/C9H10BClO2/c11-9-5-7(10(12)13)3-4-8(9)6-1-2-6/h3-6,12-13H,1-2H2. The van der Waals surface area contributed by atoms with Gasteiger partial charge in [-0.3, -0.25) is 0 Å². The Morgan fingerprint density at radius 1 is 1.31 bits per heavy atom. The molecule has 0 aromatic heterocycles. The van der Waals surface area contributed by atoms with Crippen molar-refractivity contribution in [3.05, 3.63) is 28.8 Å². The highest BCUT2D eigenvalue weighted by molar-refractivity contribution is 6.59. The zero-order valence-electron chi connectivity index (χ0n) is 7.07. The van der Waals surface area contributed by atoms with Gasteiger partial charge in [-0.2, -0.15) is 0 Å². The second-order valence-electron chi connectivity index (χ2n) is 3.43. The molecule has 1 aromatic rings. The third-order valence-electron chi connectivity index (χ3n) is 2.34. The predicted molar refractivity (Wildman–Crippen MR) is 53.3 cm³/mol. The molecule has 0 amide bonds. The molecule has 0 aliphatic heterocycles. The molecule has 0 unspecified atom stereocenters. The summed E-state index contributed by atoms with van der Waals surface area (Å²) in [5.74, 6) is 0.595. The predicted octanol–water partition coefficient (Wildman–Crippen LogP) is 0.897. The van der Waals surface area contributed by atoms with Gasteiger partial charge in [0, 0.05) is 5.02 Å². The van der Waals surface area contributed by atoms with Crippen LogP contribution in [-0.4, -0.2) is 17.2 Å². The minimum atomic E-state index is -1.43. The van der Waals surface area contributed by atoms with Crippen molar-refractivity contribution < 1.29 is 10.0 Å². The molecule has 2 nitrogen and oxygen atoms in total. The summed E-state index contributed by atoms with van der Waals surface area (Å²) in [4.78, 5) is 0. The largest absolute Gasteiger partial charge is 0.488 e. The van der Waals surface area contributed by atoms with Gasteiger partial charge in [0.15, 0.2) is 0 Å². The molecule has 68 valence electrons. The van der Waals surface area contributed by atoms with E-state index in [0.717, 1.165) is 5.56 Å². The van der Waals surface area contributed by atoms with Crippen molar-refractivity contribution in [2.45, 2.75) is 18.8 Å². The molecule has 4 heteroatoms. The Morgan fingerprint density at radius 2 is 2.00 bits per heavy atom. The third-order valence-corrected chi connectivity index (χ3v) is 2.67. The van der Waals surface area contributed by atoms with Crippen LogP contribution in [0.5, 0.6) is 0 Å². The van der Waals surface area contributed by atoms with E-state index in [9.17, 15) is 0 Å². The lowest BCUT2D eigenvalue weighted by molar-refractivity contribution is 0.426. The Labute approximate surface area is 82.3 Å². The van der Waals surface area contributed by atoms with Crippen LogP contribution < -0.4 is 5.46 Å². The fourth-order valence-corrected chi connectivity index (χ4v) is 1.77. The Morgan fingerprint density at radius 3 is 2.46 bits per heavy atom. The van der Waals surface area contributed by atoms with Gasteiger partial charge in [0.25, 0.3) is 0 Å². The highest BCUT2D eigenvalue weighted by atomic mass is 35.5. The van der Waals surface area contributed by atoms with Gasteiger partial charge in [-0.15, -0.1) is 0 Å². The quantitative estimate of drug-likeness (QED) is 0.690. The van der Waals surface area contributed by atoms with Crippen molar-refractivity contribution in [2.24, 2.45) is 0 Å². The Hall–Kier alpha value is -0.505. The number of benzene rings is 1. The summed E-state index contributed by atoms with van der Waals surface area (Å²) in [7, 11) is -1.43. The first kappa shape index (κ1) is 9.07. The highest BCUT2D eigenvalue weighted by Crippen LogP contribution is 2.42. The number of hydrogen-bond donors (Lipinski definition) is 2. The average molecular weight is 196 g/mol. The molecule has 1 aliphatic rings. The molecule has 0 saturated heterocycles. The highest BCUT2D eigenvalue weighted by Gasteiger charge is 2.26. The molecule has 0 atom stereocenters. The van der Waals surface area contributed by atoms with Crippen LogP contribution >= 0.6 is 11.6 Å². The van der Waals surface area contributed by atoms with Crippen molar-refractivity contribution in [3.63, 3.8) is 0 Å². The van der Waals surface area contributed by atoms with Crippen LogP contribution in [0.15, 0.2) is 18.2 Å². The molecule has 2 rings (SSSR count). The van der Waals surface area contributed by atoms with E-state index < -0.39 is 7.12 Å².